The van der Waals surface area contributed by atoms with Crippen molar-refractivity contribution < 1.29 is 4.79 Å². The number of fused-ring (bicyclic) bond motifs is 2. The summed E-state index contributed by atoms with van der Waals surface area (Å²) in [4.78, 5) is 26.0. The van der Waals surface area contributed by atoms with Crippen molar-refractivity contribution in [2.75, 3.05) is 24.5 Å². The van der Waals surface area contributed by atoms with Crippen molar-refractivity contribution in [1.82, 2.24) is 20.2 Å². The molecule has 5 rings (SSSR count). The topological polar surface area (TPSA) is 61.4 Å². The van der Waals surface area contributed by atoms with Gasteiger partial charge in [-0.15, -0.1) is 0 Å². The van der Waals surface area contributed by atoms with Crippen molar-refractivity contribution in [2.24, 2.45) is 0 Å². The van der Waals surface area contributed by atoms with Gasteiger partial charge in [-0.05, 0) is 33.1 Å². The summed E-state index contributed by atoms with van der Waals surface area (Å²) < 4.78 is 0. The fourth-order valence-corrected chi connectivity index (χ4v) is 4.50. The number of amides is 1. The number of nitrogens with one attached hydrogen (secondary N) is 1. The molecule has 0 aromatic carbocycles. The molecule has 0 spiro atoms. The third kappa shape index (κ3) is 3.11. The average molecular weight is 329 g/mol. The maximum atomic E-state index is 12.3. The Kier molecular flexibility index (Phi) is 4.16. The molecule has 2 bridgehead atoms. The first-order chi connectivity index (χ1) is 11.6. The lowest BCUT2D eigenvalue weighted by Crippen LogP contribution is -2.70. The van der Waals surface area contributed by atoms with Gasteiger partial charge in [0.2, 0.25) is 5.91 Å². The van der Waals surface area contributed by atoms with Crippen LogP contribution in [0, 0.1) is 13.8 Å². The highest BCUT2D eigenvalue weighted by atomic mass is 16.2. The summed E-state index contributed by atoms with van der Waals surface area (Å²) in [5, 5.41) is 3.21. The Labute approximate surface area is 143 Å². The lowest BCUT2D eigenvalue weighted by Gasteiger charge is -2.56. The van der Waals surface area contributed by atoms with Crippen molar-refractivity contribution in [3.8, 4) is 0 Å². The molecule has 1 saturated carbocycles. The Morgan fingerprint density at radius 2 is 1.92 bits per heavy atom. The van der Waals surface area contributed by atoms with Gasteiger partial charge in [0.15, 0.2) is 0 Å². The fraction of sp³-hybridized carbons (Fsp3) is 0.722. The smallest absolute Gasteiger partial charge is 0.234 e. The maximum absolute atomic E-state index is 12.3. The van der Waals surface area contributed by atoms with Gasteiger partial charge in [0.25, 0.3) is 0 Å². The van der Waals surface area contributed by atoms with Crippen LogP contribution in [0.2, 0.25) is 0 Å². The van der Waals surface area contributed by atoms with Crippen LogP contribution >= 0.6 is 0 Å². The van der Waals surface area contributed by atoms with Crippen LogP contribution in [0.5, 0.6) is 0 Å². The van der Waals surface area contributed by atoms with E-state index in [2.05, 4.69) is 31.2 Å². The predicted octanol–water partition coefficient (Wildman–Crippen LogP) is 1.42. The molecule has 4 aliphatic rings. The Morgan fingerprint density at radius 3 is 2.58 bits per heavy atom. The Balaban J connectivity index is 1.33. The number of aromatic nitrogens is 2. The molecule has 4 heterocycles. The van der Waals surface area contributed by atoms with Crippen LogP contribution in [0.25, 0.3) is 0 Å². The molecule has 130 valence electrons. The molecule has 1 N–H and O–H groups in total. The number of anilines is 1. The highest BCUT2D eigenvalue weighted by Crippen LogP contribution is 2.34. The summed E-state index contributed by atoms with van der Waals surface area (Å²) in [6.07, 6.45) is 6.02. The molecule has 24 heavy (non-hydrogen) atoms. The van der Waals surface area contributed by atoms with Gasteiger partial charge in [0.1, 0.15) is 11.6 Å². The minimum absolute atomic E-state index is 0.207. The molecule has 1 aliphatic carbocycles. The molecule has 6 heteroatoms. The number of piperidine rings is 1. The molecule has 2 unspecified atom stereocenters. The molecule has 4 fully saturated rings. The summed E-state index contributed by atoms with van der Waals surface area (Å²) in [7, 11) is 0. The summed E-state index contributed by atoms with van der Waals surface area (Å²) in [6, 6.07) is 3.44. The van der Waals surface area contributed by atoms with Gasteiger partial charge in [0, 0.05) is 43.0 Å². The van der Waals surface area contributed by atoms with E-state index in [1.54, 1.807) is 0 Å². The second-order valence-corrected chi connectivity index (χ2v) is 7.58. The van der Waals surface area contributed by atoms with E-state index in [9.17, 15) is 4.79 Å². The standard InChI is InChI=1S/C18H27N5O/c1-12-7-17(20-13(2)19-12)22-9-15-8-16(10-22)23(15)11-18(24)21-14-5-3-4-6-14/h7,14-16H,3-6,8-11H2,1-2H3,(H,21,24). The Hall–Kier alpha value is -1.69. The van der Waals surface area contributed by atoms with Crippen molar-refractivity contribution in [2.45, 2.75) is 64.1 Å². The van der Waals surface area contributed by atoms with Crippen molar-refractivity contribution >= 4 is 11.7 Å². The number of hydrogen-bond acceptors (Lipinski definition) is 5. The highest BCUT2D eigenvalue weighted by molar-refractivity contribution is 5.78. The summed E-state index contributed by atoms with van der Waals surface area (Å²) in [5.74, 6) is 2.07. The quantitative estimate of drug-likeness (QED) is 0.905. The van der Waals surface area contributed by atoms with E-state index in [0.717, 1.165) is 43.3 Å². The SMILES string of the molecule is Cc1cc(N2CC3CC(C2)N3CC(=O)NC2CCCC2)nc(C)n1. The lowest BCUT2D eigenvalue weighted by atomic mass is 9.87. The van der Waals surface area contributed by atoms with Crippen LogP contribution in [-0.4, -0.2) is 58.5 Å². The summed E-state index contributed by atoms with van der Waals surface area (Å²) in [6.45, 7) is 6.44. The number of piperazine rings is 1. The van der Waals surface area contributed by atoms with Gasteiger partial charge in [-0.25, -0.2) is 9.97 Å². The highest BCUT2D eigenvalue weighted by Gasteiger charge is 2.45. The van der Waals surface area contributed by atoms with Crippen LogP contribution in [0.4, 0.5) is 5.82 Å². The molecule has 3 saturated heterocycles. The first kappa shape index (κ1) is 15.8. The van der Waals surface area contributed by atoms with Crippen LogP contribution in [-0.2, 0) is 4.79 Å². The van der Waals surface area contributed by atoms with E-state index < -0.39 is 0 Å². The summed E-state index contributed by atoms with van der Waals surface area (Å²) in [5.41, 5.74) is 1.02. The van der Waals surface area contributed by atoms with E-state index in [1.807, 2.05) is 13.8 Å². The van der Waals surface area contributed by atoms with E-state index in [0.29, 0.717) is 24.7 Å². The number of hydrogen-bond donors (Lipinski definition) is 1. The van der Waals surface area contributed by atoms with E-state index in [4.69, 9.17) is 0 Å². The molecule has 0 radical (unpaired) electrons. The molecule has 6 nitrogen and oxygen atoms in total. The van der Waals surface area contributed by atoms with Crippen LogP contribution in [0.15, 0.2) is 6.07 Å². The third-order valence-electron chi connectivity index (χ3n) is 5.67. The molecular weight excluding hydrogens is 302 g/mol. The van der Waals surface area contributed by atoms with Crippen LogP contribution < -0.4 is 10.2 Å². The monoisotopic (exact) mass is 329 g/mol. The molecule has 2 atom stereocenters. The Morgan fingerprint density at radius 1 is 1.21 bits per heavy atom. The Bertz CT molecular complexity index is 596. The van der Waals surface area contributed by atoms with Gasteiger partial charge in [-0.2, -0.15) is 0 Å². The normalized spacial score (nSPS) is 27.2. The van der Waals surface area contributed by atoms with E-state index >= 15 is 0 Å². The predicted molar refractivity (Wildman–Crippen MR) is 93.0 cm³/mol. The summed E-state index contributed by atoms with van der Waals surface area (Å²) >= 11 is 0. The average Bonchev–Trinajstić information content (AvgIpc) is 3.04. The molecule has 1 amide bonds. The molecular formula is C18H27N5O. The molecule has 1 aromatic rings. The van der Waals surface area contributed by atoms with Crippen LogP contribution in [0.3, 0.4) is 0 Å². The van der Waals surface area contributed by atoms with E-state index in [1.165, 1.54) is 19.3 Å². The lowest BCUT2D eigenvalue weighted by molar-refractivity contribution is -0.127. The minimum Gasteiger partial charge on any atom is -0.353 e. The van der Waals surface area contributed by atoms with E-state index in [-0.39, 0.29) is 5.91 Å². The largest absolute Gasteiger partial charge is 0.353 e. The second kappa shape index (κ2) is 6.31. The third-order valence-corrected chi connectivity index (χ3v) is 5.67. The zero-order valence-corrected chi connectivity index (χ0v) is 14.7. The molecule has 1 aromatic heterocycles. The van der Waals surface area contributed by atoms with Gasteiger partial charge < -0.3 is 10.2 Å². The van der Waals surface area contributed by atoms with Crippen molar-refractivity contribution in [3.05, 3.63) is 17.6 Å². The molecule has 3 aliphatic heterocycles. The minimum atomic E-state index is 0.207. The second-order valence-electron chi connectivity index (χ2n) is 7.58. The zero-order chi connectivity index (χ0) is 16.7. The van der Waals surface area contributed by atoms with Gasteiger partial charge in [0.05, 0.1) is 6.54 Å². The first-order valence-electron chi connectivity index (χ1n) is 9.21. The zero-order valence-electron chi connectivity index (χ0n) is 14.7. The fourth-order valence-electron chi connectivity index (χ4n) is 4.50. The number of aryl methyl sites for hydroxylation is 2. The number of rotatable bonds is 4. The first-order valence-corrected chi connectivity index (χ1v) is 9.21. The number of carbonyl (C=O) groups excluding carboxylic acids is 1. The van der Waals surface area contributed by atoms with Gasteiger partial charge in [-0.1, -0.05) is 12.8 Å². The van der Waals surface area contributed by atoms with Crippen molar-refractivity contribution in [1.29, 1.82) is 0 Å². The van der Waals surface area contributed by atoms with Gasteiger partial charge >= 0.3 is 0 Å². The number of carbonyl (C=O) groups is 1. The van der Waals surface area contributed by atoms with Crippen LogP contribution in [0.1, 0.15) is 43.6 Å². The van der Waals surface area contributed by atoms with Crippen molar-refractivity contribution in [3.63, 3.8) is 0 Å². The number of nitrogens with zero attached hydrogens (tertiary/aromatic N) is 4. The maximum Gasteiger partial charge on any atom is 0.234 e. The van der Waals surface area contributed by atoms with Gasteiger partial charge in [-0.3, -0.25) is 9.69 Å².